The van der Waals surface area contributed by atoms with Crippen LogP contribution >= 0.6 is 0 Å². The molecule has 10 rings (SSSR count). The fraction of sp³-hybridized carbons (Fsp3) is 0. The van der Waals surface area contributed by atoms with Gasteiger partial charge in [-0.3, -0.25) is 9.47 Å². The highest BCUT2D eigenvalue weighted by molar-refractivity contribution is 6.17. The maximum atomic E-state index is 2.49. The van der Waals surface area contributed by atoms with Crippen LogP contribution in [0, 0.1) is 0 Å². The van der Waals surface area contributed by atoms with Gasteiger partial charge in [0.05, 0.1) is 16.9 Å². The van der Waals surface area contributed by atoms with Crippen molar-refractivity contribution in [3.8, 4) is 39.1 Å². The molecule has 0 bridgehead atoms. The zero-order valence-corrected chi connectivity index (χ0v) is 22.8. The van der Waals surface area contributed by atoms with E-state index in [-0.39, 0.29) is 0 Å². The van der Waals surface area contributed by atoms with Gasteiger partial charge in [0.25, 0.3) is 0 Å². The molecule has 0 saturated carbocycles. The number of para-hydroxylation sites is 2. The van der Waals surface area contributed by atoms with Gasteiger partial charge >= 0.3 is 0 Å². The Morgan fingerprint density at radius 3 is 2.00 bits per heavy atom. The quantitative estimate of drug-likeness (QED) is 0.204. The number of nitrogens with zero attached hydrogens (tertiary/aromatic N) is 2. The van der Waals surface area contributed by atoms with Crippen molar-refractivity contribution in [1.29, 1.82) is 0 Å². The molecule has 2 nitrogen and oxygen atoms in total. The van der Waals surface area contributed by atoms with Crippen molar-refractivity contribution in [2.75, 3.05) is 4.90 Å². The molecule has 0 spiro atoms. The third-order valence-electron chi connectivity index (χ3n) is 9.21. The highest BCUT2D eigenvalue weighted by Crippen LogP contribution is 2.53. The SMILES string of the molecule is c1ccc2c(c1)-c1cccc3cc(N4c5ccccc5-c5ccc6ccccc6c5-n5c4cc4ccccc45)cc-2c13. The van der Waals surface area contributed by atoms with Gasteiger partial charge in [0.2, 0.25) is 0 Å². The summed E-state index contributed by atoms with van der Waals surface area (Å²) in [5, 5.41) is 6.34. The molecule has 0 atom stereocenters. The fourth-order valence-corrected chi connectivity index (χ4v) is 7.48. The summed E-state index contributed by atoms with van der Waals surface area (Å²) in [6.45, 7) is 0. The Kier molecular flexibility index (Phi) is 4.21. The molecule has 7 aromatic carbocycles. The number of aromatic nitrogens is 1. The summed E-state index contributed by atoms with van der Waals surface area (Å²) in [6.07, 6.45) is 0. The van der Waals surface area contributed by atoms with E-state index >= 15 is 0 Å². The lowest BCUT2D eigenvalue weighted by molar-refractivity contribution is 1.10. The zero-order chi connectivity index (χ0) is 27.4. The van der Waals surface area contributed by atoms with E-state index in [9.17, 15) is 0 Å². The predicted molar refractivity (Wildman–Crippen MR) is 176 cm³/mol. The van der Waals surface area contributed by atoms with Gasteiger partial charge in [0.15, 0.2) is 0 Å². The second kappa shape index (κ2) is 7.99. The Labute approximate surface area is 243 Å². The van der Waals surface area contributed by atoms with E-state index < -0.39 is 0 Å². The van der Waals surface area contributed by atoms with Gasteiger partial charge in [-0.1, -0.05) is 115 Å². The van der Waals surface area contributed by atoms with Crippen LogP contribution in [0.3, 0.4) is 0 Å². The molecule has 1 aliphatic carbocycles. The minimum absolute atomic E-state index is 1.15. The van der Waals surface area contributed by atoms with Crippen molar-refractivity contribution in [2.24, 2.45) is 0 Å². The monoisotopic (exact) mass is 532 g/mol. The van der Waals surface area contributed by atoms with Gasteiger partial charge in [0, 0.05) is 27.6 Å². The minimum Gasteiger partial charge on any atom is -0.295 e. The summed E-state index contributed by atoms with van der Waals surface area (Å²) in [5.41, 5.74) is 12.5. The van der Waals surface area contributed by atoms with Crippen molar-refractivity contribution in [1.82, 2.24) is 4.57 Å². The Morgan fingerprint density at radius 1 is 0.405 bits per heavy atom. The lowest BCUT2D eigenvalue weighted by atomic mass is 9.96. The fourth-order valence-electron chi connectivity index (χ4n) is 7.48. The third kappa shape index (κ3) is 2.78. The number of hydrogen-bond donors (Lipinski definition) is 0. The van der Waals surface area contributed by atoms with Crippen LogP contribution in [0.1, 0.15) is 0 Å². The van der Waals surface area contributed by atoms with E-state index in [0.29, 0.717) is 0 Å². The molecule has 194 valence electrons. The average molecular weight is 533 g/mol. The van der Waals surface area contributed by atoms with Gasteiger partial charge in [-0.15, -0.1) is 0 Å². The summed E-state index contributed by atoms with van der Waals surface area (Å²) in [6, 6.07) is 53.7. The third-order valence-corrected chi connectivity index (χ3v) is 9.21. The zero-order valence-electron chi connectivity index (χ0n) is 22.8. The van der Waals surface area contributed by atoms with Crippen molar-refractivity contribution in [2.45, 2.75) is 0 Å². The van der Waals surface area contributed by atoms with E-state index in [0.717, 1.165) is 5.82 Å². The summed E-state index contributed by atoms with van der Waals surface area (Å²) >= 11 is 0. The smallest absolute Gasteiger partial charge is 0.123 e. The molecular formula is C40H24N2. The van der Waals surface area contributed by atoms with Gasteiger partial charge in [-0.2, -0.15) is 0 Å². The summed E-state index contributed by atoms with van der Waals surface area (Å²) < 4.78 is 2.49. The van der Waals surface area contributed by atoms with Crippen LogP contribution in [0.5, 0.6) is 0 Å². The molecular weight excluding hydrogens is 508 g/mol. The summed E-state index contributed by atoms with van der Waals surface area (Å²) in [5.74, 6) is 1.15. The molecule has 0 fully saturated rings. The Morgan fingerprint density at radius 2 is 1.10 bits per heavy atom. The molecule has 0 saturated heterocycles. The van der Waals surface area contributed by atoms with Crippen LogP contribution in [0.25, 0.3) is 71.5 Å². The second-order valence-electron chi connectivity index (χ2n) is 11.4. The second-order valence-corrected chi connectivity index (χ2v) is 11.4. The molecule has 1 aromatic heterocycles. The molecule has 42 heavy (non-hydrogen) atoms. The van der Waals surface area contributed by atoms with Crippen LogP contribution in [-0.2, 0) is 0 Å². The molecule has 8 aromatic rings. The van der Waals surface area contributed by atoms with Crippen LogP contribution in [0.2, 0.25) is 0 Å². The van der Waals surface area contributed by atoms with Crippen molar-refractivity contribution >= 4 is 49.6 Å². The van der Waals surface area contributed by atoms with E-state index in [4.69, 9.17) is 0 Å². The normalized spacial score (nSPS) is 12.7. The predicted octanol–water partition coefficient (Wildman–Crippen LogP) is 11.0. The summed E-state index contributed by atoms with van der Waals surface area (Å²) in [4.78, 5) is 2.48. The Hall–Kier alpha value is -5.60. The number of fused-ring (bicyclic) bond motifs is 12. The van der Waals surface area contributed by atoms with E-state index in [1.165, 1.54) is 82.9 Å². The number of rotatable bonds is 1. The van der Waals surface area contributed by atoms with Crippen LogP contribution in [-0.4, -0.2) is 4.57 Å². The number of anilines is 3. The molecule has 2 aliphatic rings. The lowest BCUT2D eigenvalue weighted by Crippen LogP contribution is -2.13. The first-order valence-corrected chi connectivity index (χ1v) is 14.5. The van der Waals surface area contributed by atoms with Gasteiger partial charge in [0.1, 0.15) is 5.82 Å². The van der Waals surface area contributed by atoms with Crippen molar-refractivity contribution < 1.29 is 0 Å². The Bertz CT molecular complexity index is 2430. The topological polar surface area (TPSA) is 8.17 Å². The average Bonchev–Trinajstić information content (AvgIpc) is 3.54. The first-order chi connectivity index (χ1) is 20.8. The highest BCUT2D eigenvalue weighted by atomic mass is 15.3. The van der Waals surface area contributed by atoms with Crippen molar-refractivity contribution in [3.63, 3.8) is 0 Å². The highest BCUT2D eigenvalue weighted by Gasteiger charge is 2.30. The lowest BCUT2D eigenvalue weighted by Gasteiger charge is -2.27. The Balaban J connectivity index is 1.37. The molecule has 0 amide bonds. The van der Waals surface area contributed by atoms with Crippen LogP contribution < -0.4 is 4.90 Å². The van der Waals surface area contributed by atoms with Gasteiger partial charge < -0.3 is 0 Å². The molecule has 2 heterocycles. The number of benzene rings is 7. The maximum Gasteiger partial charge on any atom is 0.123 e. The van der Waals surface area contributed by atoms with Crippen LogP contribution in [0.4, 0.5) is 17.2 Å². The molecule has 0 unspecified atom stereocenters. The van der Waals surface area contributed by atoms with E-state index in [2.05, 4.69) is 155 Å². The molecule has 1 aliphatic heterocycles. The first-order valence-electron chi connectivity index (χ1n) is 14.5. The van der Waals surface area contributed by atoms with Gasteiger partial charge in [-0.25, -0.2) is 0 Å². The van der Waals surface area contributed by atoms with Crippen LogP contribution in [0.15, 0.2) is 146 Å². The number of hydrogen-bond acceptors (Lipinski definition) is 1. The van der Waals surface area contributed by atoms with Gasteiger partial charge in [-0.05, 0) is 68.7 Å². The molecule has 0 radical (unpaired) electrons. The molecule has 2 heteroatoms. The van der Waals surface area contributed by atoms with E-state index in [1.54, 1.807) is 0 Å². The largest absolute Gasteiger partial charge is 0.295 e. The maximum absolute atomic E-state index is 2.49. The first kappa shape index (κ1) is 22.1. The van der Waals surface area contributed by atoms with E-state index in [1.807, 2.05) is 0 Å². The standard InChI is InChI=1S/C40H24N2/c1-3-13-29-25(10-1)20-21-34-32-16-6-8-19-37(32)41(38-23-26-11-2-7-18-36(26)42(38)40(29)34)28-22-27-12-9-17-33-30-14-4-5-15-31(30)35(24-28)39(27)33/h1-24H. The van der Waals surface area contributed by atoms with Crippen molar-refractivity contribution in [3.05, 3.63) is 146 Å². The minimum atomic E-state index is 1.15. The summed E-state index contributed by atoms with van der Waals surface area (Å²) in [7, 11) is 0. The molecule has 0 N–H and O–H groups in total.